The first-order valence-corrected chi connectivity index (χ1v) is 9.21. The average Bonchev–Trinajstić information content (AvgIpc) is 3.15. The van der Waals surface area contributed by atoms with E-state index >= 15 is 0 Å². The number of aryl methyl sites for hydroxylation is 1. The van der Waals surface area contributed by atoms with E-state index in [9.17, 15) is 4.79 Å². The standard InChI is InChI=1S/C17H18BrNO3S/c18-16-7-5-13(23-16)2-1-3-17(20)19-9-8-12-4-6-14-15(10-12)22-11-21-14/h4-7,10H,1-3,8-9,11H2,(H,19,20). The molecule has 0 radical (unpaired) electrons. The highest BCUT2D eigenvalue weighted by atomic mass is 79.9. The lowest BCUT2D eigenvalue weighted by molar-refractivity contribution is -0.121. The lowest BCUT2D eigenvalue weighted by Gasteiger charge is -2.06. The third kappa shape index (κ3) is 4.72. The Labute approximate surface area is 147 Å². The van der Waals surface area contributed by atoms with Crippen LogP contribution in [0.1, 0.15) is 23.3 Å². The molecular weight excluding hydrogens is 378 g/mol. The van der Waals surface area contributed by atoms with Crippen LogP contribution in [0.3, 0.4) is 0 Å². The maximum absolute atomic E-state index is 11.9. The SMILES string of the molecule is O=C(CCCc1ccc(Br)s1)NCCc1ccc2c(c1)OCO2. The van der Waals surface area contributed by atoms with Gasteiger partial charge in [-0.1, -0.05) is 6.07 Å². The molecule has 6 heteroatoms. The fraction of sp³-hybridized carbons (Fsp3) is 0.353. The van der Waals surface area contributed by atoms with Gasteiger partial charge < -0.3 is 14.8 Å². The summed E-state index contributed by atoms with van der Waals surface area (Å²) in [5, 5.41) is 2.97. The monoisotopic (exact) mass is 395 g/mol. The van der Waals surface area contributed by atoms with Gasteiger partial charge in [-0.15, -0.1) is 11.3 Å². The zero-order valence-electron chi connectivity index (χ0n) is 12.6. The van der Waals surface area contributed by atoms with E-state index in [4.69, 9.17) is 9.47 Å². The van der Waals surface area contributed by atoms with E-state index in [-0.39, 0.29) is 12.7 Å². The Morgan fingerprint density at radius 1 is 1.17 bits per heavy atom. The number of nitrogens with one attached hydrogen (secondary N) is 1. The Kier molecular flexibility index (Phi) is 5.56. The van der Waals surface area contributed by atoms with E-state index in [1.165, 1.54) is 4.88 Å². The summed E-state index contributed by atoms with van der Waals surface area (Å²) >= 11 is 5.18. The van der Waals surface area contributed by atoms with Crippen LogP contribution in [-0.2, 0) is 17.6 Å². The summed E-state index contributed by atoms with van der Waals surface area (Å²) in [4.78, 5) is 13.2. The van der Waals surface area contributed by atoms with E-state index < -0.39 is 0 Å². The molecule has 1 N–H and O–H groups in total. The van der Waals surface area contributed by atoms with Crippen molar-refractivity contribution in [2.45, 2.75) is 25.7 Å². The number of benzene rings is 1. The number of amides is 1. The molecule has 1 amide bonds. The van der Waals surface area contributed by atoms with Crippen molar-refractivity contribution in [1.82, 2.24) is 5.32 Å². The van der Waals surface area contributed by atoms with Crippen molar-refractivity contribution in [2.75, 3.05) is 13.3 Å². The molecule has 23 heavy (non-hydrogen) atoms. The van der Waals surface area contributed by atoms with Crippen molar-refractivity contribution in [1.29, 1.82) is 0 Å². The summed E-state index contributed by atoms with van der Waals surface area (Å²) < 4.78 is 11.8. The average molecular weight is 396 g/mol. The summed E-state index contributed by atoms with van der Waals surface area (Å²) in [6, 6.07) is 10.0. The predicted molar refractivity (Wildman–Crippen MR) is 94.2 cm³/mol. The minimum absolute atomic E-state index is 0.112. The number of ether oxygens (including phenoxy) is 2. The van der Waals surface area contributed by atoms with E-state index in [1.807, 2.05) is 24.3 Å². The van der Waals surface area contributed by atoms with Gasteiger partial charge in [0.25, 0.3) is 0 Å². The minimum Gasteiger partial charge on any atom is -0.454 e. The molecule has 122 valence electrons. The molecule has 2 aromatic rings. The van der Waals surface area contributed by atoms with Crippen LogP contribution in [0.5, 0.6) is 11.5 Å². The highest BCUT2D eigenvalue weighted by Gasteiger charge is 2.13. The fourth-order valence-corrected chi connectivity index (χ4v) is 3.97. The highest BCUT2D eigenvalue weighted by molar-refractivity contribution is 9.11. The number of halogens is 1. The summed E-state index contributed by atoms with van der Waals surface area (Å²) in [5.74, 6) is 1.69. The van der Waals surface area contributed by atoms with Gasteiger partial charge in [-0.2, -0.15) is 0 Å². The molecule has 0 saturated heterocycles. The lowest BCUT2D eigenvalue weighted by atomic mass is 10.1. The fourth-order valence-electron chi connectivity index (χ4n) is 2.44. The molecule has 0 spiro atoms. The van der Waals surface area contributed by atoms with Gasteiger partial charge in [0.2, 0.25) is 12.7 Å². The first kappa shape index (κ1) is 16.3. The molecule has 1 aromatic carbocycles. The third-order valence-electron chi connectivity index (χ3n) is 3.63. The molecule has 1 aliphatic heterocycles. The van der Waals surface area contributed by atoms with Gasteiger partial charge in [-0.05, 0) is 65.0 Å². The van der Waals surface area contributed by atoms with Gasteiger partial charge in [-0.3, -0.25) is 4.79 Å². The molecule has 0 unspecified atom stereocenters. The van der Waals surface area contributed by atoms with Crippen molar-refractivity contribution >= 4 is 33.2 Å². The van der Waals surface area contributed by atoms with Crippen LogP contribution in [0, 0.1) is 0 Å². The number of fused-ring (bicyclic) bond motifs is 1. The Morgan fingerprint density at radius 3 is 2.87 bits per heavy atom. The number of hydrogen-bond acceptors (Lipinski definition) is 4. The van der Waals surface area contributed by atoms with E-state index in [1.54, 1.807) is 11.3 Å². The Balaban J connectivity index is 1.34. The molecule has 4 nitrogen and oxygen atoms in total. The van der Waals surface area contributed by atoms with Crippen LogP contribution in [0.25, 0.3) is 0 Å². The van der Waals surface area contributed by atoms with Gasteiger partial charge >= 0.3 is 0 Å². The highest BCUT2D eigenvalue weighted by Crippen LogP contribution is 2.32. The van der Waals surface area contributed by atoms with Crippen molar-refractivity contribution in [3.63, 3.8) is 0 Å². The van der Waals surface area contributed by atoms with Crippen LogP contribution in [0.2, 0.25) is 0 Å². The van der Waals surface area contributed by atoms with Crippen LogP contribution >= 0.6 is 27.3 Å². The molecule has 1 aliphatic rings. The Morgan fingerprint density at radius 2 is 2.04 bits per heavy atom. The first-order chi connectivity index (χ1) is 11.2. The molecule has 3 rings (SSSR count). The van der Waals surface area contributed by atoms with Crippen molar-refractivity contribution in [3.8, 4) is 11.5 Å². The van der Waals surface area contributed by atoms with E-state index in [0.717, 1.165) is 40.1 Å². The summed E-state index contributed by atoms with van der Waals surface area (Å²) in [7, 11) is 0. The molecule has 0 fully saturated rings. The third-order valence-corrected chi connectivity index (χ3v) is 5.31. The Bertz CT molecular complexity index is 686. The van der Waals surface area contributed by atoms with Gasteiger partial charge in [0.1, 0.15) is 0 Å². The van der Waals surface area contributed by atoms with E-state index in [0.29, 0.717) is 13.0 Å². The van der Waals surface area contributed by atoms with Gasteiger partial charge in [0, 0.05) is 17.8 Å². The smallest absolute Gasteiger partial charge is 0.231 e. The van der Waals surface area contributed by atoms with Crippen LogP contribution in [0.4, 0.5) is 0 Å². The molecule has 0 atom stereocenters. The zero-order valence-corrected chi connectivity index (χ0v) is 15.0. The van der Waals surface area contributed by atoms with Gasteiger partial charge in [0.05, 0.1) is 3.79 Å². The summed E-state index contributed by atoms with van der Waals surface area (Å²) in [6.45, 7) is 0.930. The topological polar surface area (TPSA) is 47.6 Å². The molecule has 2 heterocycles. The number of hydrogen-bond donors (Lipinski definition) is 1. The van der Waals surface area contributed by atoms with Crippen molar-refractivity contribution in [2.24, 2.45) is 0 Å². The molecule has 1 aromatic heterocycles. The second-order valence-corrected chi connectivity index (χ2v) is 7.89. The molecule has 0 bridgehead atoms. The zero-order chi connectivity index (χ0) is 16.1. The number of carbonyl (C=O) groups is 1. The van der Waals surface area contributed by atoms with Crippen molar-refractivity contribution < 1.29 is 14.3 Å². The second kappa shape index (κ2) is 7.84. The maximum atomic E-state index is 11.9. The van der Waals surface area contributed by atoms with Crippen LogP contribution in [-0.4, -0.2) is 19.2 Å². The summed E-state index contributed by atoms with van der Waals surface area (Å²) in [6.07, 6.45) is 3.19. The van der Waals surface area contributed by atoms with Gasteiger partial charge in [-0.25, -0.2) is 0 Å². The largest absolute Gasteiger partial charge is 0.454 e. The van der Waals surface area contributed by atoms with E-state index in [2.05, 4.69) is 27.3 Å². The quantitative estimate of drug-likeness (QED) is 0.772. The van der Waals surface area contributed by atoms with Gasteiger partial charge in [0.15, 0.2) is 11.5 Å². The molecule has 0 aliphatic carbocycles. The Hall–Kier alpha value is -1.53. The number of carbonyl (C=O) groups excluding carboxylic acids is 1. The molecule has 0 saturated carbocycles. The lowest BCUT2D eigenvalue weighted by Crippen LogP contribution is -2.25. The number of rotatable bonds is 7. The van der Waals surface area contributed by atoms with Crippen LogP contribution < -0.4 is 14.8 Å². The first-order valence-electron chi connectivity index (χ1n) is 7.60. The van der Waals surface area contributed by atoms with Crippen LogP contribution in [0.15, 0.2) is 34.1 Å². The normalized spacial score (nSPS) is 12.4. The predicted octanol–water partition coefficient (Wildman–Crippen LogP) is 3.92. The van der Waals surface area contributed by atoms with Crippen molar-refractivity contribution in [3.05, 3.63) is 44.6 Å². The maximum Gasteiger partial charge on any atom is 0.231 e. The molecular formula is C17H18BrNO3S. The summed E-state index contributed by atoms with van der Waals surface area (Å²) in [5.41, 5.74) is 1.14. The second-order valence-electron chi connectivity index (χ2n) is 5.35. The number of thiophene rings is 1. The minimum atomic E-state index is 0.112.